The van der Waals surface area contributed by atoms with Crippen molar-refractivity contribution in [1.29, 1.82) is 0 Å². The average molecular weight is 229 g/mol. The fourth-order valence-corrected chi connectivity index (χ4v) is 1.34. The van der Waals surface area contributed by atoms with Gasteiger partial charge in [0.2, 0.25) is 5.24 Å². The molecule has 0 aliphatic carbocycles. The molecule has 0 fully saturated rings. The summed E-state index contributed by atoms with van der Waals surface area (Å²) in [7, 11) is 3.12. The van der Waals surface area contributed by atoms with Crippen LogP contribution in [0.25, 0.3) is 0 Å². The van der Waals surface area contributed by atoms with E-state index in [2.05, 4.69) is 0 Å². The van der Waals surface area contributed by atoms with Crippen LogP contribution < -0.4 is 9.47 Å². The van der Waals surface area contributed by atoms with Gasteiger partial charge >= 0.3 is 0 Å². The van der Waals surface area contributed by atoms with Gasteiger partial charge in [-0.3, -0.25) is 4.79 Å². The highest BCUT2D eigenvalue weighted by Gasteiger charge is 2.14. The molecule has 0 saturated heterocycles. The number of benzene rings is 1. The molecular weight excluding hydrogens is 216 g/mol. The van der Waals surface area contributed by atoms with Gasteiger partial charge in [-0.25, -0.2) is 0 Å². The fraction of sp³-hybridized carbons (Fsp3) is 0.364. The van der Waals surface area contributed by atoms with E-state index in [1.807, 2.05) is 0 Å². The Morgan fingerprint density at radius 3 is 2.00 bits per heavy atom. The van der Waals surface area contributed by atoms with Gasteiger partial charge in [-0.1, -0.05) is 6.92 Å². The van der Waals surface area contributed by atoms with Crippen LogP contribution in [0.2, 0.25) is 0 Å². The summed E-state index contributed by atoms with van der Waals surface area (Å²) in [6, 6.07) is 5.29. The molecule has 3 nitrogen and oxygen atoms in total. The van der Waals surface area contributed by atoms with Gasteiger partial charge < -0.3 is 9.47 Å². The Balaban J connectivity index is 3.11. The molecular formula is C11H13ClO3. The fourth-order valence-electron chi connectivity index (χ4n) is 1.21. The second kappa shape index (κ2) is 5.03. The lowest BCUT2D eigenvalue weighted by Crippen LogP contribution is -2.02. The SMILES string of the molecule is COc1cc(OC)cc(C(C)C(=O)Cl)c1. The first-order chi connectivity index (χ1) is 7.08. The highest BCUT2D eigenvalue weighted by molar-refractivity contribution is 6.64. The molecule has 4 heteroatoms. The molecule has 0 aliphatic rings. The lowest BCUT2D eigenvalue weighted by Gasteiger charge is -2.11. The molecule has 0 saturated carbocycles. The number of halogens is 1. The Kier molecular flexibility index (Phi) is 3.97. The number of hydrogen-bond donors (Lipinski definition) is 0. The summed E-state index contributed by atoms with van der Waals surface area (Å²) in [5.41, 5.74) is 0.784. The van der Waals surface area contributed by atoms with E-state index >= 15 is 0 Å². The summed E-state index contributed by atoms with van der Waals surface area (Å²) in [6.45, 7) is 1.74. The zero-order valence-corrected chi connectivity index (χ0v) is 9.67. The second-order valence-electron chi connectivity index (χ2n) is 3.17. The van der Waals surface area contributed by atoms with E-state index < -0.39 is 5.24 Å². The van der Waals surface area contributed by atoms with Crippen molar-refractivity contribution < 1.29 is 14.3 Å². The van der Waals surface area contributed by atoms with Crippen molar-refractivity contribution in [2.75, 3.05) is 14.2 Å². The van der Waals surface area contributed by atoms with E-state index in [0.29, 0.717) is 11.5 Å². The third-order valence-corrected chi connectivity index (χ3v) is 2.54. The Labute approximate surface area is 93.9 Å². The largest absolute Gasteiger partial charge is 0.497 e. The first-order valence-corrected chi connectivity index (χ1v) is 4.88. The minimum atomic E-state index is -0.398. The molecule has 0 spiro atoms. The minimum absolute atomic E-state index is 0.365. The van der Waals surface area contributed by atoms with Crippen LogP contribution in [0.3, 0.4) is 0 Å². The van der Waals surface area contributed by atoms with Crippen LogP contribution in [-0.4, -0.2) is 19.5 Å². The van der Waals surface area contributed by atoms with Crippen molar-refractivity contribution in [3.63, 3.8) is 0 Å². The first-order valence-electron chi connectivity index (χ1n) is 4.50. The standard InChI is InChI=1S/C11H13ClO3/c1-7(11(12)13)8-4-9(14-2)6-10(5-8)15-3/h4-7H,1-3H3. The van der Waals surface area contributed by atoms with Crippen molar-refractivity contribution in [1.82, 2.24) is 0 Å². The molecule has 1 aromatic carbocycles. The van der Waals surface area contributed by atoms with Crippen LogP contribution in [0, 0.1) is 0 Å². The van der Waals surface area contributed by atoms with Crippen LogP contribution in [0.4, 0.5) is 0 Å². The molecule has 0 radical (unpaired) electrons. The molecule has 1 aromatic rings. The molecule has 82 valence electrons. The van der Waals surface area contributed by atoms with E-state index in [9.17, 15) is 4.79 Å². The monoisotopic (exact) mass is 228 g/mol. The van der Waals surface area contributed by atoms with E-state index in [0.717, 1.165) is 5.56 Å². The summed E-state index contributed by atoms with van der Waals surface area (Å²) < 4.78 is 10.2. The molecule has 0 aliphatic heterocycles. The topological polar surface area (TPSA) is 35.5 Å². The lowest BCUT2D eigenvalue weighted by molar-refractivity contribution is -0.112. The van der Waals surface area contributed by atoms with Crippen molar-refractivity contribution in [3.8, 4) is 11.5 Å². The number of carbonyl (C=O) groups excluding carboxylic acids is 1. The predicted molar refractivity (Wildman–Crippen MR) is 58.8 cm³/mol. The maximum atomic E-state index is 11.0. The molecule has 1 atom stereocenters. The third-order valence-electron chi connectivity index (χ3n) is 2.21. The maximum absolute atomic E-state index is 11.0. The van der Waals surface area contributed by atoms with Crippen LogP contribution in [-0.2, 0) is 4.79 Å². The molecule has 0 heterocycles. The Morgan fingerprint density at radius 2 is 1.67 bits per heavy atom. The van der Waals surface area contributed by atoms with Crippen molar-refractivity contribution in [2.24, 2.45) is 0 Å². The average Bonchev–Trinajstić information content (AvgIpc) is 2.27. The molecule has 1 rings (SSSR count). The number of hydrogen-bond acceptors (Lipinski definition) is 3. The Morgan fingerprint density at radius 1 is 1.20 bits per heavy atom. The van der Waals surface area contributed by atoms with Crippen LogP contribution in [0.5, 0.6) is 11.5 Å². The van der Waals surface area contributed by atoms with Gasteiger partial charge in [0.15, 0.2) is 0 Å². The minimum Gasteiger partial charge on any atom is -0.497 e. The molecule has 0 aromatic heterocycles. The molecule has 1 unspecified atom stereocenters. The predicted octanol–water partition coefficient (Wildman–Crippen LogP) is 2.57. The maximum Gasteiger partial charge on any atom is 0.228 e. The van der Waals surface area contributed by atoms with Gasteiger partial charge in [0.1, 0.15) is 11.5 Å². The summed E-state index contributed by atoms with van der Waals surface area (Å²) in [5.74, 6) is 0.930. The van der Waals surface area contributed by atoms with Gasteiger partial charge in [0.25, 0.3) is 0 Å². The quantitative estimate of drug-likeness (QED) is 0.743. The summed E-state index contributed by atoms with van der Waals surface area (Å²) in [6.07, 6.45) is 0. The van der Waals surface area contributed by atoms with Crippen molar-refractivity contribution in [2.45, 2.75) is 12.8 Å². The zero-order valence-electron chi connectivity index (χ0n) is 8.91. The van der Waals surface area contributed by atoms with E-state index in [1.165, 1.54) is 0 Å². The van der Waals surface area contributed by atoms with Gasteiger partial charge in [-0.05, 0) is 29.3 Å². The van der Waals surface area contributed by atoms with E-state index in [4.69, 9.17) is 21.1 Å². The number of rotatable bonds is 4. The zero-order chi connectivity index (χ0) is 11.4. The van der Waals surface area contributed by atoms with Crippen LogP contribution in [0.15, 0.2) is 18.2 Å². The normalized spacial score (nSPS) is 12.0. The second-order valence-corrected chi connectivity index (χ2v) is 3.54. The number of methoxy groups -OCH3 is 2. The highest BCUT2D eigenvalue weighted by Crippen LogP contribution is 2.28. The van der Waals surface area contributed by atoms with Gasteiger partial charge in [0, 0.05) is 6.07 Å². The van der Waals surface area contributed by atoms with Crippen LogP contribution in [0.1, 0.15) is 18.4 Å². The van der Waals surface area contributed by atoms with Gasteiger partial charge in [-0.15, -0.1) is 0 Å². The Bertz CT molecular complexity index is 341. The van der Waals surface area contributed by atoms with Crippen molar-refractivity contribution >= 4 is 16.8 Å². The molecule has 15 heavy (non-hydrogen) atoms. The lowest BCUT2D eigenvalue weighted by atomic mass is 10.0. The summed E-state index contributed by atoms with van der Waals surface area (Å²) in [4.78, 5) is 11.0. The van der Waals surface area contributed by atoms with Gasteiger partial charge in [0.05, 0.1) is 20.1 Å². The Hall–Kier alpha value is -1.22. The third kappa shape index (κ3) is 2.86. The molecule has 0 bridgehead atoms. The number of carbonyl (C=O) groups is 1. The molecule has 0 N–H and O–H groups in total. The summed E-state index contributed by atoms with van der Waals surface area (Å²) >= 11 is 5.43. The smallest absolute Gasteiger partial charge is 0.228 e. The van der Waals surface area contributed by atoms with Gasteiger partial charge in [-0.2, -0.15) is 0 Å². The van der Waals surface area contributed by atoms with Crippen molar-refractivity contribution in [3.05, 3.63) is 23.8 Å². The molecule has 0 amide bonds. The van der Waals surface area contributed by atoms with E-state index in [-0.39, 0.29) is 5.92 Å². The number of ether oxygens (including phenoxy) is 2. The van der Waals surface area contributed by atoms with Crippen LogP contribution >= 0.6 is 11.6 Å². The highest BCUT2D eigenvalue weighted by atomic mass is 35.5. The van der Waals surface area contributed by atoms with E-state index in [1.54, 1.807) is 39.3 Å². The summed E-state index contributed by atoms with van der Waals surface area (Å²) in [5, 5.41) is -0.398. The first kappa shape index (κ1) is 11.9.